The van der Waals surface area contributed by atoms with E-state index >= 15 is 0 Å². The normalized spacial score (nSPS) is 24.5. The van der Waals surface area contributed by atoms with Crippen molar-refractivity contribution in [2.24, 2.45) is 0 Å². The second-order valence-electron chi connectivity index (χ2n) is 4.60. The monoisotopic (exact) mass is 281 g/mol. The first-order chi connectivity index (χ1) is 9.13. The Kier molecular flexibility index (Phi) is 3.06. The van der Waals surface area contributed by atoms with E-state index in [1.54, 1.807) is 24.3 Å². The number of fused-ring (bicyclic) bond motifs is 2. The number of halogens is 1. The Morgan fingerprint density at radius 2 is 2.16 bits per heavy atom. The summed E-state index contributed by atoms with van der Waals surface area (Å²) in [5.41, 5.74) is 0. The van der Waals surface area contributed by atoms with Gasteiger partial charge in [0.1, 0.15) is 17.9 Å². The van der Waals surface area contributed by atoms with Gasteiger partial charge in [-0.25, -0.2) is 4.79 Å². The summed E-state index contributed by atoms with van der Waals surface area (Å²) in [6, 6.07) is 6.35. The smallest absolute Gasteiger partial charge is 0.329 e. The van der Waals surface area contributed by atoms with Gasteiger partial charge in [0.05, 0.1) is 6.54 Å². The van der Waals surface area contributed by atoms with Gasteiger partial charge in [-0.1, -0.05) is 11.6 Å². The molecule has 0 aliphatic carbocycles. The van der Waals surface area contributed by atoms with Crippen molar-refractivity contribution in [3.8, 4) is 5.75 Å². The maximum absolute atomic E-state index is 12.0. The molecule has 2 heterocycles. The Morgan fingerprint density at radius 1 is 1.42 bits per heavy atom. The fourth-order valence-corrected chi connectivity index (χ4v) is 2.51. The Morgan fingerprint density at radius 3 is 2.79 bits per heavy atom. The molecule has 19 heavy (non-hydrogen) atoms. The van der Waals surface area contributed by atoms with Gasteiger partial charge in [0.25, 0.3) is 5.91 Å². The predicted octanol–water partition coefficient (Wildman–Crippen LogP) is 1.25. The maximum Gasteiger partial charge on any atom is 0.329 e. The number of likely N-dealkylation sites (tertiary alicyclic amines) is 1. The third-order valence-corrected chi connectivity index (χ3v) is 3.57. The largest absolute Gasteiger partial charge is 0.484 e. The Bertz CT molecular complexity index is 516. The average Bonchev–Trinajstić information content (AvgIpc) is 2.96. The summed E-state index contributed by atoms with van der Waals surface area (Å²) < 4.78 is 10.4. The lowest BCUT2D eigenvalue weighted by molar-refractivity contribution is -0.157. The van der Waals surface area contributed by atoms with E-state index in [9.17, 15) is 9.59 Å². The molecule has 2 fully saturated rings. The van der Waals surface area contributed by atoms with Gasteiger partial charge >= 0.3 is 5.97 Å². The third-order valence-electron chi connectivity index (χ3n) is 3.31. The first-order valence-electron chi connectivity index (χ1n) is 6.02. The number of esters is 1. The van der Waals surface area contributed by atoms with Crippen LogP contribution in [0.25, 0.3) is 0 Å². The van der Waals surface area contributed by atoms with E-state index < -0.39 is 6.04 Å². The molecule has 1 amide bonds. The first kappa shape index (κ1) is 12.3. The molecule has 6 heteroatoms. The van der Waals surface area contributed by atoms with E-state index in [0.29, 0.717) is 23.7 Å². The molecular weight excluding hydrogens is 270 g/mol. The molecule has 5 nitrogen and oxygen atoms in total. The van der Waals surface area contributed by atoms with Crippen LogP contribution in [0.5, 0.6) is 5.75 Å². The number of benzene rings is 1. The molecule has 0 aromatic heterocycles. The van der Waals surface area contributed by atoms with Crippen molar-refractivity contribution >= 4 is 23.5 Å². The van der Waals surface area contributed by atoms with E-state index in [4.69, 9.17) is 21.1 Å². The van der Waals surface area contributed by atoms with Crippen LogP contribution < -0.4 is 4.74 Å². The zero-order chi connectivity index (χ0) is 13.4. The van der Waals surface area contributed by atoms with Crippen LogP contribution in [-0.2, 0) is 14.3 Å². The van der Waals surface area contributed by atoms with Gasteiger partial charge < -0.3 is 14.4 Å². The van der Waals surface area contributed by atoms with Crippen molar-refractivity contribution < 1.29 is 19.1 Å². The van der Waals surface area contributed by atoms with E-state index in [2.05, 4.69) is 0 Å². The molecule has 0 unspecified atom stereocenters. The molecule has 2 aliphatic heterocycles. The number of morpholine rings is 1. The van der Waals surface area contributed by atoms with Gasteiger partial charge in [0.2, 0.25) is 0 Å². The number of hydrogen-bond donors (Lipinski definition) is 0. The minimum Gasteiger partial charge on any atom is -0.484 e. The molecule has 3 rings (SSSR count). The number of rotatable bonds is 3. The average molecular weight is 282 g/mol. The molecule has 2 aliphatic rings. The van der Waals surface area contributed by atoms with Crippen molar-refractivity contribution in [2.45, 2.75) is 18.6 Å². The topological polar surface area (TPSA) is 55.8 Å². The van der Waals surface area contributed by atoms with Crippen molar-refractivity contribution in [2.75, 3.05) is 13.2 Å². The van der Waals surface area contributed by atoms with E-state index in [1.807, 2.05) is 0 Å². The SMILES string of the molecule is O=C1O[C@H]2C[C@@H]1N(C(=O)COc1ccc(Cl)cc1)C2. The zero-order valence-electron chi connectivity index (χ0n) is 10.0. The number of hydrogen-bond acceptors (Lipinski definition) is 4. The van der Waals surface area contributed by atoms with Crippen LogP contribution in [0, 0.1) is 0 Å². The molecular formula is C13H12ClNO4. The highest BCUT2D eigenvalue weighted by molar-refractivity contribution is 6.30. The van der Waals surface area contributed by atoms with E-state index in [1.165, 1.54) is 4.90 Å². The van der Waals surface area contributed by atoms with Crippen LogP contribution in [0.15, 0.2) is 24.3 Å². The molecule has 1 aromatic carbocycles. The summed E-state index contributed by atoms with van der Waals surface area (Å²) in [4.78, 5) is 24.9. The highest BCUT2D eigenvalue weighted by atomic mass is 35.5. The lowest BCUT2D eigenvalue weighted by Gasteiger charge is -2.25. The van der Waals surface area contributed by atoms with Crippen molar-refractivity contribution in [1.82, 2.24) is 4.90 Å². The summed E-state index contributed by atoms with van der Waals surface area (Å²) in [6.07, 6.45) is 0.461. The van der Waals surface area contributed by atoms with Gasteiger partial charge in [0, 0.05) is 11.4 Å². The first-order valence-corrected chi connectivity index (χ1v) is 6.39. The molecule has 100 valence electrons. The molecule has 2 atom stereocenters. The zero-order valence-corrected chi connectivity index (χ0v) is 10.8. The standard InChI is InChI=1S/C13H12ClNO4/c14-8-1-3-9(4-2-8)18-7-12(16)15-6-10-5-11(15)13(17)19-10/h1-4,10-11H,5-7H2/t10-,11-/m0/s1. The van der Waals surface area contributed by atoms with Crippen LogP contribution in [-0.4, -0.2) is 42.1 Å². The number of amides is 1. The van der Waals surface area contributed by atoms with Gasteiger partial charge in [-0.15, -0.1) is 0 Å². The third kappa shape index (κ3) is 2.38. The second kappa shape index (κ2) is 4.74. The van der Waals surface area contributed by atoms with Crippen LogP contribution in [0.4, 0.5) is 0 Å². The van der Waals surface area contributed by atoms with Gasteiger partial charge in [-0.2, -0.15) is 0 Å². The highest BCUT2D eigenvalue weighted by Crippen LogP contribution is 2.29. The Hall–Kier alpha value is -1.75. The second-order valence-corrected chi connectivity index (χ2v) is 5.04. The molecule has 1 aromatic rings. The summed E-state index contributed by atoms with van der Waals surface area (Å²) in [7, 11) is 0. The van der Waals surface area contributed by atoms with Crippen LogP contribution in [0.2, 0.25) is 5.02 Å². The minimum atomic E-state index is -0.425. The Balaban J connectivity index is 1.57. The molecule has 0 radical (unpaired) electrons. The summed E-state index contributed by atoms with van der Waals surface area (Å²) in [5.74, 6) is 0.0693. The highest BCUT2D eigenvalue weighted by Gasteiger charge is 2.48. The summed E-state index contributed by atoms with van der Waals surface area (Å²) in [6.45, 7) is 0.386. The van der Waals surface area contributed by atoms with Crippen LogP contribution in [0.3, 0.4) is 0 Å². The van der Waals surface area contributed by atoms with E-state index in [0.717, 1.165) is 0 Å². The fraction of sp³-hybridized carbons (Fsp3) is 0.385. The van der Waals surface area contributed by atoms with Gasteiger partial charge in [0.15, 0.2) is 6.61 Å². The summed E-state index contributed by atoms with van der Waals surface area (Å²) in [5, 5.41) is 0.610. The molecule has 0 saturated carbocycles. The van der Waals surface area contributed by atoms with Gasteiger partial charge in [-0.05, 0) is 24.3 Å². The number of carbonyl (C=O) groups is 2. The van der Waals surface area contributed by atoms with Crippen molar-refractivity contribution in [3.05, 3.63) is 29.3 Å². The Labute approximate surface area is 115 Å². The van der Waals surface area contributed by atoms with Crippen molar-refractivity contribution in [3.63, 3.8) is 0 Å². The predicted molar refractivity (Wildman–Crippen MR) is 66.9 cm³/mol. The molecule has 2 saturated heterocycles. The van der Waals surface area contributed by atoms with Crippen LogP contribution in [0.1, 0.15) is 6.42 Å². The molecule has 2 bridgehead atoms. The van der Waals surface area contributed by atoms with Gasteiger partial charge in [-0.3, -0.25) is 4.79 Å². The van der Waals surface area contributed by atoms with E-state index in [-0.39, 0.29) is 24.6 Å². The maximum atomic E-state index is 12.0. The lowest BCUT2D eigenvalue weighted by Crippen LogP contribution is -2.46. The number of nitrogens with zero attached hydrogens (tertiary/aromatic N) is 1. The van der Waals surface area contributed by atoms with Crippen LogP contribution >= 0.6 is 11.6 Å². The number of ether oxygens (including phenoxy) is 2. The summed E-state index contributed by atoms with van der Waals surface area (Å²) >= 11 is 5.75. The quantitative estimate of drug-likeness (QED) is 0.783. The van der Waals surface area contributed by atoms with Crippen molar-refractivity contribution in [1.29, 1.82) is 0 Å². The number of carbonyl (C=O) groups excluding carboxylic acids is 2. The molecule has 0 N–H and O–H groups in total. The lowest BCUT2D eigenvalue weighted by atomic mass is 10.2. The molecule has 0 spiro atoms. The minimum absolute atomic E-state index is 0.0852. The fourth-order valence-electron chi connectivity index (χ4n) is 2.38.